The van der Waals surface area contributed by atoms with E-state index >= 15 is 0 Å². The maximum absolute atomic E-state index is 12.3. The van der Waals surface area contributed by atoms with Gasteiger partial charge in [0, 0.05) is 12.2 Å². The minimum absolute atomic E-state index is 0.0261. The van der Waals surface area contributed by atoms with E-state index in [0.29, 0.717) is 17.9 Å². The van der Waals surface area contributed by atoms with Crippen molar-refractivity contribution in [3.63, 3.8) is 0 Å². The van der Waals surface area contributed by atoms with Gasteiger partial charge in [-0.05, 0) is 54.4 Å². The monoisotopic (exact) mass is 327 g/mol. The summed E-state index contributed by atoms with van der Waals surface area (Å²) in [6, 6.07) is 5.29. The van der Waals surface area contributed by atoms with E-state index in [9.17, 15) is 4.79 Å². The molecule has 1 amide bonds. The van der Waals surface area contributed by atoms with Crippen molar-refractivity contribution in [2.75, 3.05) is 13.7 Å². The molecule has 1 heterocycles. The fourth-order valence-electron chi connectivity index (χ4n) is 2.14. The topological polar surface area (TPSA) is 47.6 Å². The van der Waals surface area contributed by atoms with E-state index < -0.39 is 0 Å². The second-order valence-electron chi connectivity index (χ2n) is 4.98. The molecule has 1 saturated heterocycles. The third-order valence-electron chi connectivity index (χ3n) is 3.70. The van der Waals surface area contributed by atoms with E-state index in [1.165, 1.54) is 0 Å². The summed E-state index contributed by atoms with van der Waals surface area (Å²) in [5, 5.41) is 3.06. The zero-order valence-corrected chi connectivity index (χ0v) is 12.9. The Labute approximate surface area is 121 Å². The Balaban J connectivity index is 2.14. The number of nitrogens with one attached hydrogen (secondary N) is 1. The molecule has 2 atom stereocenters. The van der Waals surface area contributed by atoms with Gasteiger partial charge in [-0.3, -0.25) is 4.79 Å². The van der Waals surface area contributed by atoms with E-state index in [-0.39, 0.29) is 17.6 Å². The third-order valence-corrected chi connectivity index (χ3v) is 4.32. The zero-order chi connectivity index (χ0) is 14.0. The number of carbonyl (C=O) groups is 1. The summed E-state index contributed by atoms with van der Waals surface area (Å²) in [6.07, 6.45) is 0.857. The van der Waals surface area contributed by atoms with Gasteiger partial charge in [0.1, 0.15) is 5.75 Å². The van der Waals surface area contributed by atoms with Crippen molar-refractivity contribution in [2.24, 2.45) is 0 Å². The highest BCUT2D eigenvalue weighted by Crippen LogP contribution is 2.28. The van der Waals surface area contributed by atoms with Crippen molar-refractivity contribution in [1.82, 2.24) is 5.32 Å². The van der Waals surface area contributed by atoms with Crippen molar-refractivity contribution < 1.29 is 14.3 Å². The lowest BCUT2D eigenvalue weighted by Gasteiger charge is -2.29. The molecule has 104 valence electrons. The van der Waals surface area contributed by atoms with Crippen molar-refractivity contribution in [3.8, 4) is 5.75 Å². The molecule has 0 radical (unpaired) electrons. The summed E-state index contributed by atoms with van der Waals surface area (Å²) in [4.78, 5) is 12.3. The number of methoxy groups -OCH3 is 1. The molecule has 1 N–H and O–H groups in total. The van der Waals surface area contributed by atoms with Crippen LogP contribution in [0.15, 0.2) is 22.7 Å². The number of ether oxygens (including phenoxy) is 2. The molecule has 1 aromatic rings. The zero-order valence-electron chi connectivity index (χ0n) is 11.3. The molecule has 1 aromatic carbocycles. The molecular formula is C14H18BrNO3. The number of amides is 1. The standard InChI is InChI=1S/C14H18BrNO3/c1-9-14(2,6-7-19-9)16-13(17)10-4-5-12(18-3)11(15)8-10/h4-5,8-9H,6-7H2,1-3H3,(H,16,17). The van der Waals surface area contributed by atoms with Crippen LogP contribution in [0.5, 0.6) is 5.75 Å². The quantitative estimate of drug-likeness (QED) is 0.928. The van der Waals surface area contributed by atoms with E-state index in [0.717, 1.165) is 10.9 Å². The first-order valence-corrected chi connectivity index (χ1v) is 7.03. The molecule has 19 heavy (non-hydrogen) atoms. The predicted octanol–water partition coefficient (Wildman–Crippen LogP) is 2.76. The van der Waals surface area contributed by atoms with Crippen LogP contribution in [0.2, 0.25) is 0 Å². The SMILES string of the molecule is COc1ccc(C(=O)NC2(C)CCOC2C)cc1Br. The smallest absolute Gasteiger partial charge is 0.251 e. The van der Waals surface area contributed by atoms with Gasteiger partial charge in [-0.15, -0.1) is 0 Å². The molecule has 0 saturated carbocycles. The lowest BCUT2D eigenvalue weighted by atomic mass is 9.94. The molecule has 0 aliphatic carbocycles. The van der Waals surface area contributed by atoms with Crippen molar-refractivity contribution in [3.05, 3.63) is 28.2 Å². The van der Waals surface area contributed by atoms with Crippen molar-refractivity contribution >= 4 is 21.8 Å². The minimum atomic E-state index is -0.302. The van der Waals surface area contributed by atoms with Crippen molar-refractivity contribution in [1.29, 1.82) is 0 Å². The van der Waals surface area contributed by atoms with Crippen LogP contribution in [0.4, 0.5) is 0 Å². The number of rotatable bonds is 3. The Hall–Kier alpha value is -1.07. The van der Waals surface area contributed by atoms with Crippen molar-refractivity contribution in [2.45, 2.75) is 31.9 Å². The summed E-state index contributed by atoms with van der Waals surface area (Å²) >= 11 is 3.38. The minimum Gasteiger partial charge on any atom is -0.496 e. The molecule has 0 bridgehead atoms. The summed E-state index contributed by atoms with van der Waals surface area (Å²) in [5.74, 6) is 0.614. The van der Waals surface area contributed by atoms with Crippen LogP contribution in [0, 0.1) is 0 Å². The van der Waals surface area contributed by atoms with E-state index in [1.54, 1.807) is 25.3 Å². The van der Waals surface area contributed by atoms with E-state index in [1.807, 2.05) is 13.8 Å². The average Bonchev–Trinajstić information content (AvgIpc) is 2.69. The fourth-order valence-corrected chi connectivity index (χ4v) is 2.68. The van der Waals surface area contributed by atoms with Gasteiger partial charge in [-0.2, -0.15) is 0 Å². The van der Waals surface area contributed by atoms with E-state index in [2.05, 4.69) is 21.2 Å². The first-order valence-electron chi connectivity index (χ1n) is 6.24. The van der Waals surface area contributed by atoms with Crippen LogP contribution in [-0.4, -0.2) is 31.3 Å². The van der Waals surface area contributed by atoms with Gasteiger partial charge in [0.05, 0.1) is 23.2 Å². The van der Waals surface area contributed by atoms with Gasteiger partial charge in [0.2, 0.25) is 0 Å². The molecule has 1 fully saturated rings. The van der Waals surface area contributed by atoms with Gasteiger partial charge in [-0.1, -0.05) is 0 Å². The Morgan fingerprint density at radius 3 is 2.84 bits per heavy atom. The van der Waals surface area contributed by atoms with Crippen LogP contribution in [0.1, 0.15) is 30.6 Å². The predicted molar refractivity (Wildman–Crippen MR) is 76.6 cm³/mol. The number of hydrogen-bond acceptors (Lipinski definition) is 3. The van der Waals surface area contributed by atoms with Gasteiger partial charge in [0.25, 0.3) is 5.91 Å². The first kappa shape index (κ1) is 14.3. The Kier molecular flexibility index (Phi) is 4.16. The van der Waals surface area contributed by atoms with Crippen LogP contribution < -0.4 is 10.1 Å². The maximum atomic E-state index is 12.3. The van der Waals surface area contributed by atoms with Gasteiger partial charge in [-0.25, -0.2) is 0 Å². The summed E-state index contributed by atoms with van der Waals surface area (Å²) in [5.41, 5.74) is 0.303. The molecule has 0 spiro atoms. The Morgan fingerprint density at radius 2 is 2.32 bits per heavy atom. The van der Waals surface area contributed by atoms with Gasteiger partial charge in [0.15, 0.2) is 0 Å². The first-order chi connectivity index (χ1) is 8.96. The van der Waals surface area contributed by atoms with E-state index in [4.69, 9.17) is 9.47 Å². The number of benzene rings is 1. The van der Waals surface area contributed by atoms with Gasteiger partial charge < -0.3 is 14.8 Å². The summed E-state index contributed by atoms with van der Waals surface area (Å²) < 4.78 is 11.4. The van der Waals surface area contributed by atoms with Gasteiger partial charge >= 0.3 is 0 Å². The molecule has 1 aliphatic rings. The fraction of sp³-hybridized carbons (Fsp3) is 0.500. The molecule has 4 nitrogen and oxygen atoms in total. The van der Waals surface area contributed by atoms with Crippen LogP contribution >= 0.6 is 15.9 Å². The number of hydrogen-bond donors (Lipinski definition) is 1. The third kappa shape index (κ3) is 2.92. The van der Waals surface area contributed by atoms with Crippen LogP contribution in [0.25, 0.3) is 0 Å². The molecule has 2 rings (SSSR count). The highest BCUT2D eigenvalue weighted by molar-refractivity contribution is 9.10. The lowest BCUT2D eigenvalue weighted by Crippen LogP contribution is -2.50. The highest BCUT2D eigenvalue weighted by atomic mass is 79.9. The molecular weight excluding hydrogens is 310 g/mol. The largest absolute Gasteiger partial charge is 0.496 e. The highest BCUT2D eigenvalue weighted by Gasteiger charge is 2.38. The normalized spacial score (nSPS) is 26.2. The summed E-state index contributed by atoms with van der Waals surface area (Å²) in [6.45, 7) is 4.68. The second kappa shape index (κ2) is 5.51. The molecule has 1 aliphatic heterocycles. The Bertz CT molecular complexity index is 492. The molecule has 0 aromatic heterocycles. The van der Waals surface area contributed by atoms with Crippen LogP contribution in [0.3, 0.4) is 0 Å². The van der Waals surface area contributed by atoms with Crippen LogP contribution in [-0.2, 0) is 4.74 Å². The summed E-state index contributed by atoms with van der Waals surface area (Å²) in [7, 11) is 1.60. The lowest BCUT2D eigenvalue weighted by molar-refractivity contribution is 0.0727. The number of halogens is 1. The molecule has 2 unspecified atom stereocenters. The maximum Gasteiger partial charge on any atom is 0.251 e. The second-order valence-corrected chi connectivity index (χ2v) is 5.84. The molecule has 5 heteroatoms. The number of carbonyl (C=O) groups excluding carboxylic acids is 1. The Morgan fingerprint density at radius 1 is 1.58 bits per heavy atom. The average molecular weight is 328 g/mol.